The van der Waals surface area contributed by atoms with E-state index in [9.17, 15) is 5.11 Å². The fraction of sp³-hybridized carbons (Fsp3) is 0.600. The minimum atomic E-state index is -0.137. The molecule has 3 unspecified atom stereocenters. The third-order valence-corrected chi connectivity index (χ3v) is 4.93. The van der Waals surface area contributed by atoms with E-state index in [1.165, 1.54) is 16.7 Å². The maximum atomic E-state index is 9.97. The van der Waals surface area contributed by atoms with Gasteiger partial charge in [0, 0.05) is 5.41 Å². The van der Waals surface area contributed by atoms with Crippen LogP contribution in [0.1, 0.15) is 49.3 Å². The lowest BCUT2D eigenvalue weighted by Gasteiger charge is -2.51. The van der Waals surface area contributed by atoms with Crippen molar-refractivity contribution in [3.63, 3.8) is 0 Å². The third-order valence-electron chi connectivity index (χ3n) is 4.93. The van der Waals surface area contributed by atoms with Gasteiger partial charge in [-0.1, -0.05) is 32.0 Å². The molecule has 0 aromatic heterocycles. The van der Waals surface area contributed by atoms with E-state index in [-0.39, 0.29) is 11.5 Å². The van der Waals surface area contributed by atoms with Crippen LogP contribution in [0.2, 0.25) is 0 Å². The molecular weight excluding hydrogens is 212 g/mol. The average Bonchev–Trinajstić information content (AvgIpc) is 2.81. The summed E-state index contributed by atoms with van der Waals surface area (Å²) in [5.41, 5.74) is 4.10. The van der Waals surface area contributed by atoms with Gasteiger partial charge in [0.25, 0.3) is 0 Å². The Balaban J connectivity index is 1.91. The molecule has 0 radical (unpaired) electrons. The van der Waals surface area contributed by atoms with Gasteiger partial charge in [0.15, 0.2) is 0 Å². The Morgan fingerprint density at radius 2 is 2.12 bits per heavy atom. The Bertz CT molecular complexity index is 441. The molecule has 2 aliphatic rings. The molecule has 1 aliphatic carbocycles. The number of ether oxygens (including phenoxy) is 1. The standard InChI is InChI=1S/C15H20O2/c1-3-15(2)13(7-14(15)16)10-4-5-11-8-17-9-12(11)6-10/h4-6,13-14,16H,3,7-9H2,1-2H3. The summed E-state index contributed by atoms with van der Waals surface area (Å²) in [4.78, 5) is 0. The van der Waals surface area contributed by atoms with E-state index in [1.807, 2.05) is 0 Å². The first-order chi connectivity index (χ1) is 8.15. The second kappa shape index (κ2) is 3.82. The molecule has 0 saturated heterocycles. The minimum Gasteiger partial charge on any atom is -0.393 e. The highest BCUT2D eigenvalue weighted by atomic mass is 16.5. The zero-order chi connectivity index (χ0) is 12.0. The molecule has 3 rings (SSSR count). The van der Waals surface area contributed by atoms with Crippen molar-refractivity contribution in [2.45, 2.75) is 51.9 Å². The van der Waals surface area contributed by atoms with Crippen LogP contribution in [0.5, 0.6) is 0 Å². The summed E-state index contributed by atoms with van der Waals surface area (Å²) < 4.78 is 5.45. The van der Waals surface area contributed by atoms with Crippen LogP contribution in [0.15, 0.2) is 18.2 Å². The van der Waals surface area contributed by atoms with Gasteiger partial charge in [-0.2, -0.15) is 0 Å². The maximum absolute atomic E-state index is 9.97. The van der Waals surface area contributed by atoms with E-state index in [2.05, 4.69) is 32.0 Å². The largest absolute Gasteiger partial charge is 0.393 e. The number of hydrogen-bond donors (Lipinski definition) is 1. The molecule has 1 saturated carbocycles. The highest BCUT2D eigenvalue weighted by Crippen LogP contribution is 2.55. The quantitative estimate of drug-likeness (QED) is 0.849. The van der Waals surface area contributed by atoms with Crippen molar-refractivity contribution in [3.05, 3.63) is 34.9 Å². The van der Waals surface area contributed by atoms with Crippen LogP contribution in [0.25, 0.3) is 0 Å². The molecule has 1 aromatic carbocycles. The monoisotopic (exact) mass is 232 g/mol. The number of benzene rings is 1. The summed E-state index contributed by atoms with van der Waals surface area (Å²) in [7, 11) is 0. The third kappa shape index (κ3) is 1.54. The lowest BCUT2D eigenvalue weighted by atomic mass is 9.55. The van der Waals surface area contributed by atoms with Gasteiger partial charge in [0.2, 0.25) is 0 Å². The van der Waals surface area contributed by atoms with Crippen LogP contribution in [0.3, 0.4) is 0 Å². The summed E-state index contributed by atoms with van der Waals surface area (Å²) in [6.07, 6.45) is 1.80. The van der Waals surface area contributed by atoms with E-state index in [0.717, 1.165) is 26.1 Å². The SMILES string of the molecule is CCC1(C)C(O)CC1c1ccc2c(c1)COC2. The van der Waals surface area contributed by atoms with Crippen LogP contribution in [0, 0.1) is 5.41 Å². The van der Waals surface area contributed by atoms with Crippen molar-refractivity contribution < 1.29 is 9.84 Å². The highest BCUT2D eigenvalue weighted by molar-refractivity contribution is 5.37. The number of aliphatic hydroxyl groups excluding tert-OH is 1. The van der Waals surface area contributed by atoms with Gasteiger partial charge >= 0.3 is 0 Å². The Labute approximate surface area is 103 Å². The number of aliphatic hydroxyl groups is 1. The zero-order valence-electron chi connectivity index (χ0n) is 10.6. The first kappa shape index (κ1) is 11.2. The molecule has 2 nitrogen and oxygen atoms in total. The van der Waals surface area contributed by atoms with Crippen LogP contribution in [-0.2, 0) is 18.0 Å². The Morgan fingerprint density at radius 1 is 1.35 bits per heavy atom. The molecule has 1 N–H and O–H groups in total. The Hall–Kier alpha value is -0.860. The first-order valence-corrected chi connectivity index (χ1v) is 6.52. The van der Waals surface area contributed by atoms with Gasteiger partial charge in [0.1, 0.15) is 0 Å². The first-order valence-electron chi connectivity index (χ1n) is 6.52. The summed E-state index contributed by atoms with van der Waals surface area (Å²) in [6, 6.07) is 6.70. The molecule has 3 atom stereocenters. The van der Waals surface area contributed by atoms with Gasteiger partial charge < -0.3 is 9.84 Å². The van der Waals surface area contributed by atoms with Crippen molar-refractivity contribution in [2.24, 2.45) is 5.41 Å². The summed E-state index contributed by atoms with van der Waals surface area (Å²) in [5, 5.41) is 9.97. The van der Waals surface area contributed by atoms with E-state index < -0.39 is 0 Å². The molecule has 2 heteroatoms. The predicted octanol–water partition coefficient (Wildman–Crippen LogP) is 2.98. The molecule has 1 heterocycles. The molecule has 1 fully saturated rings. The zero-order valence-corrected chi connectivity index (χ0v) is 10.6. The van der Waals surface area contributed by atoms with Crippen molar-refractivity contribution >= 4 is 0 Å². The Kier molecular flexibility index (Phi) is 2.53. The smallest absolute Gasteiger partial charge is 0.0725 e. The molecule has 92 valence electrons. The molecular formula is C15H20O2. The van der Waals surface area contributed by atoms with Crippen LogP contribution in [-0.4, -0.2) is 11.2 Å². The molecule has 0 bridgehead atoms. The van der Waals surface area contributed by atoms with Crippen LogP contribution >= 0.6 is 0 Å². The fourth-order valence-corrected chi connectivity index (χ4v) is 3.24. The van der Waals surface area contributed by atoms with Crippen molar-refractivity contribution in [3.8, 4) is 0 Å². The minimum absolute atomic E-state index is 0.0632. The predicted molar refractivity (Wildman–Crippen MR) is 66.7 cm³/mol. The normalized spacial score (nSPS) is 35.5. The van der Waals surface area contributed by atoms with Gasteiger partial charge in [-0.15, -0.1) is 0 Å². The van der Waals surface area contributed by atoms with Crippen molar-refractivity contribution in [2.75, 3.05) is 0 Å². The Morgan fingerprint density at radius 3 is 2.82 bits per heavy atom. The maximum Gasteiger partial charge on any atom is 0.0725 e. The topological polar surface area (TPSA) is 29.5 Å². The summed E-state index contributed by atoms with van der Waals surface area (Å²) >= 11 is 0. The average molecular weight is 232 g/mol. The van der Waals surface area contributed by atoms with Gasteiger partial charge in [-0.25, -0.2) is 0 Å². The van der Waals surface area contributed by atoms with Gasteiger partial charge in [0.05, 0.1) is 19.3 Å². The highest BCUT2D eigenvalue weighted by Gasteiger charge is 2.50. The lowest BCUT2D eigenvalue weighted by molar-refractivity contribution is -0.0777. The second-order valence-corrected chi connectivity index (χ2v) is 5.68. The lowest BCUT2D eigenvalue weighted by Crippen LogP contribution is -2.49. The van der Waals surface area contributed by atoms with E-state index in [4.69, 9.17) is 4.74 Å². The molecule has 1 aliphatic heterocycles. The van der Waals surface area contributed by atoms with Crippen LogP contribution < -0.4 is 0 Å². The van der Waals surface area contributed by atoms with E-state index in [1.54, 1.807) is 0 Å². The van der Waals surface area contributed by atoms with E-state index in [0.29, 0.717) is 5.92 Å². The number of rotatable bonds is 2. The van der Waals surface area contributed by atoms with Crippen molar-refractivity contribution in [1.29, 1.82) is 0 Å². The molecule has 0 amide bonds. The fourth-order valence-electron chi connectivity index (χ4n) is 3.24. The number of hydrogen-bond acceptors (Lipinski definition) is 2. The van der Waals surface area contributed by atoms with E-state index >= 15 is 0 Å². The van der Waals surface area contributed by atoms with Gasteiger partial charge in [-0.05, 0) is 35.4 Å². The van der Waals surface area contributed by atoms with Gasteiger partial charge in [-0.3, -0.25) is 0 Å². The molecule has 0 spiro atoms. The summed E-state index contributed by atoms with van der Waals surface area (Å²) in [6.45, 7) is 5.89. The second-order valence-electron chi connectivity index (χ2n) is 5.68. The number of fused-ring (bicyclic) bond motifs is 1. The van der Waals surface area contributed by atoms with Crippen LogP contribution in [0.4, 0.5) is 0 Å². The molecule has 1 aromatic rings. The van der Waals surface area contributed by atoms with Crippen molar-refractivity contribution in [1.82, 2.24) is 0 Å². The molecule has 17 heavy (non-hydrogen) atoms. The summed E-state index contributed by atoms with van der Waals surface area (Å²) in [5.74, 6) is 0.508.